The van der Waals surface area contributed by atoms with Gasteiger partial charge in [0.05, 0.1) is 0 Å². The lowest BCUT2D eigenvalue weighted by molar-refractivity contribution is -0.144. The second-order valence-electron chi connectivity index (χ2n) is 5.81. The van der Waals surface area contributed by atoms with Gasteiger partial charge >= 0.3 is 5.97 Å². The molecule has 1 fully saturated rings. The average Bonchev–Trinajstić information content (AvgIpc) is 2.69. The van der Waals surface area contributed by atoms with Crippen molar-refractivity contribution >= 4 is 11.9 Å². The van der Waals surface area contributed by atoms with Crippen LogP contribution in [0.2, 0.25) is 0 Å². The zero-order valence-corrected chi connectivity index (χ0v) is 13.0. The lowest BCUT2D eigenvalue weighted by Crippen LogP contribution is -2.38. The molecular weight excluding hydrogens is 268 g/mol. The van der Waals surface area contributed by atoms with Crippen LogP contribution in [0.3, 0.4) is 0 Å². The van der Waals surface area contributed by atoms with Crippen molar-refractivity contribution in [3.05, 3.63) is 25.3 Å². The summed E-state index contributed by atoms with van der Waals surface area (Å²) in [5.74, 6) is -0.162. The highest BCUT2D eigenvalue weighted by Crippen LogP contribution is 2.17. The van der Waals surface area contributed by atoms with E-state index in [4.69, 9.17) is 4.74 Å². The van der Waals surface area contributed by atoms with Gasteiger partial charge in [0.25, 0.3) is 0 Å². The van der Waals surface area contributed by atoms with Gasteiger partial charge in [-0.2, -0.15) is 0 Å². The van der Waals surface area contributed by atoms with Gasteiger partial charge in [-0.05, 0) is 5.92 Å². The summed E-state index contributed by atoms with van der Waals surface area (Å²) in [6.45, 7) is 13.4. The van der Waals surface area contributed by atoms with E-state index in [0.717, 1.165) is 0 Å². The number of carbonyl (C=O) groups excluding carboxylic acids is 2. The van der Waals surface area contributed by atoms with Gasteiger partial charge in [0.2, 0.25) is 5.91 Å². The van der Waals surface area contributed by atoms with Gasteiger partial charge < -0.3 is 10.1 Å². The number of hydrogen-bond donors (Lipinski definition) is 1. The Labute approximate surface area is 127 Å². The molecule has 0 aromatic heterocycles. The summed E-state index contributed by atoms with van der Waals surface area (Å²) >= 11 is 0. The average molecular weight is 294 g/mol. The van der Waals surface area contributed by atoms with Gasteiger partial charge in [0.15, 0.2) is 0 Å². The van der Waals surface area contributed by atoms with Crippen molar-refractivity contribution in [2.45, 2.75) is 38.8 Å². The lowest BCUT2D eigenvalue weighted by atomic mass is 10.1. The van der Waals surface area contributed by atoms with Crippen molar-refractivity contribution < 1.29 is 14.3 Å². The fraction of sp³-hybridized carbons (Fsp3) is 0.625. The van der Waals surface area contributed by atoms with E-state index < -0.39 is 6.04 Å². The number of ether oxygens (including phenoxy) is 1. The zero-order valence-electron chi connectivity index (χ0n) is 13.0. The Bertz CT molecular complexity index is 383. The fourth-order valence-corrected chi connectivity index (χ4v) is 2.38. The molecule has 5 nitrogen and oxygen atoms in total. The van der Waals surface area contributed by atoms with Crippen LogP contribution in [0.4, 0.5) is 0 Å². The first kappa shape index (κ1) is 17.4. The smallest absolute Gasteiger partial charge is 0.329 e. The molecule has 1 heterocycles. The minimum atomic E-state index is -0.518. The molecule has 0 aromatic rings. The Morgan fingerprint density at radius 1 is 1.43 bits per heavy atom. The highest BCUT2D eigenvalue weighted by atomic mass is 16.6. The molecule has 1 saturated heterocycles. The normalized spacial score (nSPS) is 21.4. The van der Waals surface area contributed by atoms with Crippen molar-refractivity contribution in [3.63, 3.8) is 0 Å². The van der Waals surface area contributed by atoms with Gasteiger partial charge in [-0.3, -0.25) is 9.69 Å². The number of esters is 1. The summed E-state index contributed by atoms with van der Waals surface area (Å²) < 4.78 is 5.34. The SMILES string of the molecule is C=CCN(CC=C)C[C@@H]1C[C@H](NC(=O)CC(C)C)C(=O)O1. The van der Waals surface area contributed by atoms with Crippen molar-refractivity contribution in [1.82, 2.24) is 10.2 Å². The Kier molecular flexibility index (Phi) is 7.15. The quantitative estimate of drug-likeness (QED) is 0.517. The Morgan fingerprint density at radius 3 is 2.57 bits per heavy atom. The van der Waals surface area contributed by atoms with E-state index in [2.05, 4.69) is 23.4 Å². The summed E-state index contributed by atoms with van der Waals surface area (Å²) in [6.07, 6.45) is 4.37. The van der Waals surface area contributed by atoms with Crippen LogP contribution in [0.1, 0.15) is 26.7 Å². The molecule has 21 heavy (non-hydrogen) atoms. The largest absolute Gasteiger partial charge is 0.459 e. The highest BCUT2D eigenvalue weighted by Gasteiger charge is 2.36. The summed E-state index contributed by atoms with van der Waals surface area (Å²) in [6, 6.07) is -0.518. The molecule has 118 valence electrons. The number of rotatable bonds is 9. The monoisotopic (exact) mass is 294 g/mol. The van der Waals surface area contributed by atoms with Crippen LogP contribution in [0.15, 0.2) is 25.3 Å². The highest BCUT2D eigenvalue weighted by molar-refractivity contribution is 5.85. The summed E-state index contributed by atoms with van der Waals surface area (Å²) in [4.78, 5) is 25.6. The van der Waals surface area contributed by atoms with Crippen LogP contribution in [-0.4, -0.2) is 48.6 Å². The Hall–Kier alpha value is -1.62. The molecule has 1 aliphatic heterocycles. The van der Waals surface area contributed by atoms with Crippen molar-refractivity contribution in [3.8, 4) is 0 Å². The van der Waals surface area contributed by atoms with E-state index in [1.807, 2.05) is 26.0 Å². The molecule has 0 radical (unpaired) electrons. The second kappa shape index (κ2) is 8.62. The van der Waals surface area contributed by atoms with Gasteiger partial charge in [0.1, 0.15) is 12.1 Å². The Balaban J connectivity index is 2.47. The molecule has 0 aromatic carbocycles. The van der Waals surface area contributed by atoms with Gasteiger partial charge in [-0.1, -0.05) is 26.0 Å². The molecule has 1 N–H and O–H groups in total. The van der Waals surface area contributed by atoms with Crippen LogP contribution in [-0.2, 0) is 14.3 Å². The molecule has 0 spiro atoms. The zero-order chi connectivity index (χ0) is 15.8. The first-order valence-electron chi connectivity index (χ1n) is 7.40. The van der Waals surface area contributed by atoms with Crippen LogP contribution < -0.4 is 5.32 Å². The predicted octanol–water partition coefficient (Wildman–Crippen LogP) is 1.51. The van der Waals surface area contributed by atoms with Crippen LogP contribution in [0.5, 0.6) is 0 Å². The third kappa shape index (κ3) is 6.12. The van der Waals surface area contributed by atoms with E-state index in [1.165, 1.54) is 0 Å². The van der Waals surface area contributed by atoms with Crippen LogP contribution >= 0.6 is 0 Å². The topological polar surface area (TPSA) is 58.6 Å². The number of nitrogens with zero attached hydrogens (tertiary/aromatic N) is 1. The molecule has 1 rings (SSSR count). The van der Waals surface area contributed by atoms with E-state index in [0.29, 0.717) is 32.5 Å². The molecule has 1 amide bonds. The van der Waals surface area contributed by atoms with Gasteiger partial charge in [0, 0.05) is 32.5 Å². The third-order valence-corrected chi connectivity index (χ3v) is 3.23. The minimum absolute atomic E-state index is 0.0957. The molecule has 2 atom stereocenters. The fourth-order valence-electron chi connectivity index (χ4n) is 2.38. The number of cyclic esters (lactones) is 1. The summed E-state index contributed by atoms with van der Waals surface area (Å²) in [5.41, 5.74) is 0. The maximum Gasteiger partial charge on any atom is 0.329 e. The van der Waals surface area contributed by atoms with E-state index in [1.54, 1.807) is 0 Å². The maximum absolute atomic E-state index is 11.8. The molecule has 0 unspecified atom stereocenters. The number of nitrogens with one attached hydrogen (secondary N) is 1. The van der Waals surface area contributed by atoms with Gasteiger partial charge in [-0.25, -0.2) is 4.79 Å². The molecule has 0 aliphatic carbocycles. The van der Waals surface area contributed by atoms with Gasteiger partial charge in [-0.15, -0.1) is 13.2 Å². The Morgan fingerprint density at radius 2 is 2.05 bits per heavy atom. The maximum atomic E-state index is 11.8. The van der Waals surface area contributed by atoms with Crippen molar-refractivity contribution in [2.24, 2.45) is 5.92 Å². The molecule has 5 heteroatoms. The van der Waals surface area contributed by atoms with Crippen LogP contribution in [0.25, 0.3) is 0 Å². The second-order valence-corrected chi connectivity index (χ2v) is 5.81. The van der Waals surface area contributed by atoms with Crippen molar-refractivity contribution in [2.75, 3.05) is 19.6 Å². The first-order valence-corrected chi connectivity index (χ1v) is 7.40. The summed E-state index contributed by atoms with van der Waals surface area (Å²) in [5, 5.41) is 2.75. The third-order valence-electron chi connectivity index (χ3n) is 3.23. The summed E-state index contributed by atoms with van der Waals surface area (Å²) in [7, 11) is 0. The van der Waals surface area contributed by atoms with Crippen LogP contribution in [0, 0.1) is 5.92 Å². The van der Waals surface area contributed by atoms with E-state index in [-0.39, 0.29) is 23.9 Å². The first-order chi connectivity index (χ1) is 9.96. The lowest BCUT2D eigenvalue weighted by Gasteiger charge is -2.21. The molecular formula is C16H26N2O3. The predicted molar refractivity (Wildman–Crippen MR) is 82.7 cm³/mol. The standard InChI is InChI=1S/C16H26N2O3/c1-5-7-18(8-6-2)11-13-10-14(16(20)21-13)17-15(19)9-12(3)4/h5-6,12-14H,1-2,7-11H2,3-4H3,(H,17,19)/t13-,14-/m0/s1. The number of carbonyl (C=O) groups is 2. The molecule has 0 saturated carbocycles. The number of amides is 1. The van der Waals surface area contributed by atoms with Crippen molar-refractivity contribution in [1.29, 1.82) is 0 Å². The van der Waals surface area contributed by atoms with E-state index in [9.17, 15) is 9.59 Å². The minimum Gasteiger partial charge on any atom is -0.459 e. The molecule has 1 aliphatic rings. The van der Waals surface area contributed by atoms with E-state index >= 15 is 0 Å². The number of hydrogen-bond acceptors (Lipinski definition) is 4. The molecule has 0 bridgehead atoms.